The monoisotopic (exact) mass is 291 g/mol. The lowest BCUT2D eigenvalue weighted by molar-refractivity contribution is -0.129. The minimum atomic E-state index is 0.126. The van der Waals surface area contributed by atoms with Crippen LogP contribution in [0.2, 0.25) is 0 Å². The van der Waals surface area contributed by atoms with Gasteiger partial charge in [-0.1, -0.05) is 0 Å². The van der Waals surface area contributed by atoms with E-state index in [2.05, 4.69) is 14.9 Å². The third-order valence-corrected chi connectivity index (χ3v) is 4.15. The number of nitrogens with two attached hydrogens (primary N) is 1. The molecule has 1 aromatic heterocycles. The number of carbonyl (C=O) groups is 1. The zero-order valence-electron chi connectivity index (χ0n) is 12.3. The maximum Gasteiger partial charge on any atom is 0.222 e. The minimum Gasteiger partial charge on any atom is -0.381 e. The standard InChI is InChI=1S/C14H21N5O2/c1-10(20)18-3-5-19(6-4-18)13-8-12(16-14(15)17-13)11-2-7-21-9-11/h8,11H,2-7,9H2,1H3,(H2,15,16,17). The molecular formula is C14H21N5O2. The molecule has 0 spiro atoms. The van der Waals surface area contributed by atoms with Crippen molar-refractivity contribution in [2.45, 2.75) is 19.3 Å². The number of hydrogen-bond donors (Lipinski definition) is 1. The van der Waals surface area contributed by atoms with Crippen LogP contribution in [0.3, 0.4) is 0 Å². The van der Waals surface area contributed by atoms with E-state index < -0.39 is 0 Å². The van der Waals surface area contributed by atoms with Crippen LogP contribution in [0, 0.1) is 0 Å². The zero-order chi connectivity index (χ0) is 14.8. The lowest BCUT2D eigenvalue weighted by Gasteiger charge is -2.35. The van der Waals surface area contributed by atoms with Gasteiger partial charge >= 0.3 is 0 Å². The second kappa shape index (κ2) is 5.85. The van der Waals surface area contributed by atoms with Crippen LogP contribution >= 0.6 is 0 Å². The van der Waals surface area contributed by atoms with Crippen LogP contribution in [-0.4, -0.2) is 60.2 Å². The van der Waals surface area contributed by atoms with Crippen molar-refractivity contribution in [2.75, 3.05) is 50.0 Å². The van der Waals surface area contributed by atoms with Gasteiger partial charge in [-0.15, -0.1) is 0 Å². The third-order valence-electron chi connectivity index (χ3n) is 4.15. The number of aromatic nitrogens is 2. The number of rotatable bonds is 2. The number of anilines is 2. The van der Waals surface area contributed by atoms with E-state index in [1.165, 1.54) is 0 Å². The van der Waals surface area contributed by atoms with E-state index in [1.807, 2.05) is 11.0 Å². The molecule has 3 heterocycles. The lowest BCUT2D eigenvalue weighted by atomic mass is 10.0. The fourth-order valence-corrected chi connectivity index (χ4v) is 2.86. The Kier molecular flexibility index (Phi) is 3.92. The molecule has 1 atom stereocenters. The minimum absolute atomic E-state index is 0.126. The summed E-state index contributed by atoms with van der Waals surface area (Å²) in [6, 6.07) is 2.01. The molecule has 2 aliphatic heterocycles. The van der Waals surface area contributed by atoms with Gasteiger partial charge in [-0.05, 0) is 6.42 Å². The summed E-state index contributed by atoms with van der Waals surface area (Å²) in [5.74, 6) is 1.60. The number of hydrogen-bond acceptors (Lipinski definition) is 6. The number of carbonyl (C=O) groups excluding carboxylic acids is 1. The Bertz CT molecular complexity index is 522. The van der Waals surface area contributed by atoms with Gasteiger partial charge in [0, 0.05) is 51.7 Å². The number of ether oxygens (including phenoxy) is 1. The van der Waals surface area contributed by atoms with Gasteiger partial charge in [-0.25, -0.2) is 4.98 Å². The molecule has 3 rings (SSSR count). The molecule has 114 valence electrons. The van der Waals surface area contributed by atoms with Gasteiger partial charge in [0.25, 0.3) is 0 Å². The highest BCUT2D eigenvalue weighted by molar-refractivity contribution is 5.73. The summed E-state index contributed by atoms with van der Waals surface area (Å²) in [5.41, 5.74) is 6.82. The van der Waals surface area contributed by atoms with E-state index in [4.69, 9.17) is 10.5 Å². The Morgan fingerprint density at radius 3 is 2.71 bits per heavy atom. The molecule has 7 nitrogen and oxygen atoms in total. The maximum atomic E-state index is 11.4. The van der Waals surface area contributed by atoms with E-state index in [9.17, 15) is 4.79 Å². The smallest absolute Gasteiger partial charge is 0.222 e. The van der Waals surface area contributed by atoms with Crippen molar-refractivity contribution in [1.29, 1.82) is 0 Å². The predicted molar refractivity (Wildman–Crippen MR) is 79.1 cm³/mol. The topological polar surface area (TPSA) is 84.6 Å². The fraction of sp³-hybridized carbons (Fsp3) is 0.643. The molecule has 1 amide bonds. The second-order valence-electron chi connectivity index (χ2n) is 5.56. The first-order valence-electron chi connectivity index (χ1n) is 7.36. The average Bonchev–Trinajstić information content (AvgIpc) is 3.01. The Morgan fingerprint density at radius 1 is 1.33 bits per heavy atom. The van der Waals surface area contributed by atoms with Gasteiger partial charge in [0.1, 0.15) is 5.82 Å². The molecule has 2 fully saturated rings. The molecule has 0 radical (unpaired) electrons. The van der Waals surface area contributed by atoms with Crippen molar-refractivity contribution in [1.82, 2.24) is 14.9 Å². The first-order valence-corrected chi connectivity index (χ1v) is 7.36. The summed E-state index contributed by atoms with van der Waals surface area (Å²) in [5, 5.41) is 0. The van der Waals surface area contributed by atoms with Crippen molar-refractivity contribution in [3.05, 3.63) is 11.8 Å². The van der Waals surface area contributed by atoms with Gasteiger partial charge < -0.3 is 20.3 Å². The van der Waals surface area contributed by atoms with Crippen LogP contribution in [-0.2, 0) is 9.53 Å². The molecule has 2 aliphatic rings. The lowest BCUT2D eigenvalue weighted by Crippen LogP contribution is -2.48. The second-order valence-corrected chi connectivity index (χ2v) is 5.56. The summed E-state index contributed by atoms with van der Waals surface area (Å²) in [7, 11) is 0. The SMILES string of the molecule is CC(=O)N1CCN(c2cc(C3CCOC3)nc(N)n2)CC1. The third kappa shape index (κ3) is 3.07. The van der Waals surface area contributed by atoms with Crippen molar-refractivity contribution in [3.8, 4) is 0 Å². The van der Waals surface area contributed by atoms with Gasteiger partial charge in [-0.2, -0.15) is 4.98 Å². The maximum absolute atomic E-state index is 11.4. The van der Waals surface area contributed by atoms with Crippen LogP contribution in [0.1, 0.15) is 25.0 Å². The summed E-state index contributed by atoms with van der Waals surface area (Å²) in [4.78, 5) is 24.1. The number of nitrogen functional groups attached to an aromatic ring is 1. The molecule has 1 unspecified atom stereocenters. The highest BCUT2D eigenvalue weighted by atomic mass is 16.5. The Morgan fingerprint density at radius 2 is 2.10 bits per heavy atom. The van der Waals surface area contributed by atoms with Gasteiger partial charge in [0.2, 0.25) is 11.9 Å². The van der Waals surface area contributed by atoms with Crippen molar-refractivity contribution >= 4 is 17.7 Å². The molecular weight excluding hydrogens is 270 g/mol. The molecule has 0 aromatic carbocycles. The zero-order valence-corrected chi connectivity index (χ0v) is 12.3. The number of piperazine rings is 1. The van der Waals surface area contributed by atoms with Crippen molar-refractivity contribution < 1.29 is 9.53 Å². The van der Waals surface area contributed by atoms with E-state index in [0.29, 0.717) is 18.5 Å². The first-order chi connectivity index (χ1) is 10.1. The van der Waals surface area contributed by atoms with Crippen LogP contribution in [0.4, 0.5) is 11.8 Å². The molecule has 0 bridgehead atoms. The van der Waals surface area contributed by atoms with Crippen molar-refractivity contribution in [2.24, 2.45) is 0 Å². The highest BCUT2D eigenvalue weighted by Gasteiger charge is 2.24. The fourth-order valence-electron chi connectivity index (χ4n) is 2.86. The predicted octanol–water partition coefficient (Wildman–Crippen LogP) is 0.231. The first kappa shape index (κ1) is 14.1. The summed E-state index contributed by atoms with van der Waals surface area (Å²) in [6.07, 6.45) is 0.980. The van der Waals surface area contributed by atoms with Crippen LogP contribution in [0.5, 0.6) is 0 Å². The molecule has 0 aliphatic carbocycles. The molecule has 1 aromatic rings. The quantitative estimate of drug-likeness (QED) is 0.839. The molecule has 0 saturated carbocycles. The van der Waals surface area contributed by atoms with E-state index in [-0.39, 0.29) is 5.91 Å². The average molecular weight is 291 g/mol. The normalized spacial score (nSPS) is 22.6. The highest BCUT2D eigenvalue weighted by Crippen LogP contribution is 2.27. The van der Waals surface area contributed by atoms with E-state index in [0.717, 1.165) is 50.7 Å². The molecule has 7 heteroatoms. The van der Waals surface area contributed by atoms with E-state index >= 15 is 0 Å². The summed E-state index contributed by atoms with van der Waals surface area (Å²) < 4.78 is 5.42. The summed E-state index contributed by atoms with van der Waals surface area (Å²) >= 11 is 0. The van der Waals surface area contributed by atoms with Crippen molar-refractivity contribution in [3.63, 3.8) is 0 Å². The van der Waals surface area contributed by atoms with Gasteiger partial charge in [0.05, 0.1) is 12.3 Å². The van der Waals surface area contributed by atoms with Gasteiger partial charge in [-0.3, -0.25) is 4.79 Å². The molecule has 2 saturated heterocycles. The summed E-state index contributed by atoms with van der Waals surface area (Å²) in [6.45, 7) is 6.08. The number of amides is 1. The Balaban J connectivity index is 1.74. The van der Waals surface area contributed by atoms with E-state index in [1.54, 1.807) is 6.92 Å². The largest absolute Gasteiger partial charge is 0.381 e. The van der Waals surface area contributed by atoms with Crippen LogP contribution in [0.25, 0.3) is 0 Å². The molecule has 21 heavy (non-hydrogen) atoms. The molecule has 2 N–H and O–H groups in total. The van der Waals surface area contributed by atoms with Crippen LogP contribution < -0.4 is 10.6 Å². The number of nitrogens with zero attached hydrogens (tertiary/aromatic N) is 4. The Hall–Kier alpha value is -1.89. The van der Waals surface area contributed by atoms with Crippen LogP contribution in [0.15, 0.2) is 6.07 Å². The Labute approximate surface area is 124 Å². The van der Waals surface area contributed by atoms with Gasteiger partial charge in [0.15, 0.2) is 0 Å².